The van der Waals surface area contributed by atoms with Crippen LogP contribution >= 0.6 is 0 Å². The molecule has 2 aliphatic heterocycles. The van der Waals surface area contributed by atoms with Gasteiger partial charge in [0.1, 0.15) is 48.8 Å². The molecule has 2 heterocycles. The van der Waals surface area contributed by atoms with Crippen molar-refractivity contribution in [1.29, 1.82) is 0 Å². The van der Waals surface area contributed by atoms with Crippen LogP contribution < -0.4 is 5.32 Å². The molecule has 9 N–H and O–H groups in total. The van der Waals surface area contributed by atoms with E-state index in [4.69, 9.17) is 18.9 Å². The molecular formula is C69H129NO13. The van der Waals surface area contributed by atoms with Crippen LogP contribution in [0.5, 0.6) is 0 Å². The molecular weight excluding hydrogens is 1050 g/mol. The molecule has 0 aromatic carbocycles. The van der Waals surface area contributed by atoms with Crippen LogP contribution in [0, 0.1) is 0 Å². The molecule has 14 heteroatoms. The number of hydrogen-bond acceptors (Lipinski definition) is 13. The third kappa shape index (κ3) is 39.0. The number of carbonyl (C=O) groups excluding carboxylic acids is 1. The number of rotatable bonds is 57. The molecule has 488 valence electrons. The zero-order valence-corrected chi connectivity index (χ0v) is 53.0. The molecule has 0 bridgehead atoms. The molecule has 0 radical (unpaired) electrons. The lowest BCUT2D eigenvalue weighted by Gasteiger charge is -2.46. The fourth-order valence-corrected chi connectivity index (χ4v) is 11.5. The molecule has 2 rings (SSSR count). The van der Waals surface area contributed by atoms with Crippen molar-refractivity contribution >= 4 is 5.91 Å². The van der Waals surface area contributed by atoms with Crippen LogP contribution in [-0.4, -0.2) is 140 Å². The molecule has 12 unspecified atom stereocenters. The van der Waals surface area contributed by atoms with Crippen molar-refractivity contribution in [3.8, 4) is 0 Å². The largest absolute Gasteiger partial charge is 0.394 e. The van der Waals surface area contributed by atoms with E-state index in [1.807, 2.05) is 0 Å². The van der Waals surface area contributed by atoms with E-state index in [1.54, 1.807) is 0 Å². The standard InChI is InChI=1S/C69H129NO13/c1-3-5-7-9-11-13-14-15-16-17-18-19-20-21-22-23-24-25-26-27-28-29-30-31-32-33-34-35-36-37-38-39-40-41-42-43-44-45-47-49-51-53-61(74)70-57(58(73)52-50-48-46-12-10-8-6-4-2)56-80-68-66(79)64(77)67(60(55-72)82-68)83-69-65(78)63(76)62(75)59(54-71)81-69/h14-15,17-18,20-21,57-60,62-69,71-73,75-79H,3-13,16,19,22-56H2,1-2H3,(H,70,74)/b15-14-,18-17-,21-20-. The van der Waals surface area contributed by atoms with Gasteiger partial charge in [-0.25, -0.2) is 0 Å². The van der Waals surface area contributed by atoms with Crippen molar-refractivity contribution < 1.29 is 64.6 Å². The Hall–Kier alpha value is -1.79. The minimum atomic E-state index is -1.78. The van der Waals surface area contributed by atoms with Gasteiger partial charge in [0.05, 0.1) is 32.0 Å². The van der Waals surface area contributed by atoms with E-state index in [-0.39, 0.29) is 12.5 Å². The smallest absolute Gasteiger partial charge is 0.220 e. The number of unbranched alkanes of at least 4 members (excludes halogenated alkanes) is 38. The second kappa shape index (κ2) is 54.4. The molecule has 0 spiro atoms. The monoisotopic (exact) mass is 1180 g/mol. The normalized spacial score (nSPS) is 24.0. The van der Waals surface area contributed by atoms with Crippen molar-refractivity contribution in [2.45, 2.75) is 376 Å². The number of carbonyl (C=O) groups is 1. The first-order valence-corrected chi connectivity index (χ1v) is 34.7. The van der Waals surface area contributed by atoms with Gasteiger partial charge in [-0.05, 0) is 51.4 Å². The summed E-state index contributed by atoms with van der Waals surface area (Å²) in [5.41, 5.74) is 0. The molecule has 0 aliphatic carbocycles. The Morgan fingerprint density at radius 2 is 0.795 bits per heavy atom. The summed E-state index contributed by atoms with van der Waals surface area (Å²) >= 11 is 0. The molecule has 0 saturated carbocycles. The maximum absolute atomic E-state index is 13.2. The van der Waals surface area contributed by atoms with Gasteiger partial charge >= 0.3 is 0 Å². The summed E-state index contributed by atoms with van der Waals surface area (Å²) in [4.78, 5) is 13.2. The van der Waals surface area contributed by atoms with Crippen LogP contribution in [0.25, 0.3) is 0 Å². The Morgan fingerprint density at radius 1 is 0.434 bits per heavy atom. The first-order chi connectivity index (χ1) is 40.6. The van der Waals surface area contributed by atoms with Gasteiger partial charge in [-0.2, -0.15) is 0 Å². The summed E-state index contributed by atoms with van der Waals surface area (Å²) in [5, 5.41) is 87.0. The quantitative estimate of drug-likeness (QED) is 0.0204. The summed E-state index contributed by atoms with van der Waals surface area (Å²) in [6.45, 7) is 2.82. The van der Waals surface area contributed by atoms with Crippen LogP contribution in [0.2, 0.25) is 0 Å². The third-order valence-electron chi connectivity index (χ3n) is 17.1. The Kier molecular flexibility index (Phi) is 50.6. The van der Waals surface area contributed by atoms with Crippen LogP contribution in [-0.2, 0) is 23.7 Å². The van der Waals surface area contributed by atoms with Crippen molar-refractivity contribution in [2.75, 3.05) is 19.8 Å². The van der Waals surface area contributed by atoms with Crippen LogP contribution in [0.1, 0.15) is 303 Å². The van der Waals surface area contributed by atoms with Crippen molar-refractivity contribution in [2.24, 2.45) is 0 Å². The highest BCUT2D eigenvalue weighted by Crippen LogP contribution is 2.30. The number of hydrogen-bond donors (Lipinski definition) is 9. The SMILES string of the molecule is CCCCCCC/C=C\C/C=C\C/C=C\CCCCCCCCCCCCCCCCCCCCCCCCCCCCC(=O)NC(COC1OC(CO)C(OC2OC(CO)C(O)C(O)C2O)C(O)C1O)C(O)CCCCCCCCCC. The van der Waals surface area contributed by atoms with Gasteiger partial charge in [0, 0.05) is 6.42 Å². The molecule has 0 aromatic rings. The van der Waals surface area contributed by atoms with Gasteiger partial charge in [0.25, 0.3) is 0 Å². The second-order valence-corrected chi connectivity index (χ2v) is 24.7. The average Bonchev–Trinajstić information content (AvgIpc) is 3.45. The first-order valence-electron chi connectivity index (χ1n) is 34.7. The maximum Gasteiger partial charge on any atom is 0.220 e. The van der Waals surface area contributed by atoms with Gasteiger partial charge in [-0.3, -0.25) is 4.79 Å². The molecule has 2 fully saturated rings. The summed E-state index contributed by atoms with van der Waals surface area (Å²) in [6, 6.07) is -0.824. The lowest BCUT2D eigenvalue weighted by molar-refractivity contribution is -0.359. The number of amides is 1. The molecule has 1 amide bonds. The summed E-state index contributed by atoms with van der Waals surface area (Å²) < 4.78 is 22.8. The highest BCUT2D eigenvalue weighted by atomic mass is 16.7. The van der Waals surface area contributed by atoms with Gasteiger partial charge in [-0.15, -0.1) is 0 Å². The second-order valence-electron chi connectivity index (χ2n) is 24.7. The Morgan fingerprint density at radius 3 is 1.22 bits per heavy atom. The topological polar surface area (TPSA) is 228 Å². The summed E-state index contributed by atoms with van der Waals surface area (Å²) in [5.74, 6) is -0.205. The lowest BCUT2D eigenvalue weighted by Crippen LogP contribution is -2.65. The molecule has 2 aliphatic rings. The number of allylic oxidation sites excluding steroid dienone is 6. The third-order valence-corrected chi connectivity index (χ3v) is 17.1. The minimum Gasteiger partial charge on any atom is -0.394 e. The highest BCUT2D eigenvalue weighted by molar-refractivity contribution is 5.76. The zero-order valence-electron chi connectivity index (χ0n) is 53.0. The fraction of sp³-hybridized carbons (Fsp3) is 0.899. The Bertz CT molecular complexity index is 1530. The van der Waals surface area contributed by atoms with Gasteiger partial charge < -0.3 is 65.1 Å². The van der Waals surface area contributed by atoms with Crippen molar-refractivity contribution in [1.82, 2.24) is 5.32 Å². The molecule has 83 heavy (non-hydrogen) atoms. The van der Waals surface area contributed by atoms with E-state index in [1.165, 1.54) is 212 Å². The van der Waals surface area contributed by atoms with Crippen molar-refractivity contribution in [3.63, 3.8) is 0 Å². The van der Waals surface area contributed by atoms with E-state index in [2.05, 4.69) is 55.6 Å². The highest BCUT2D eigenvalue weighted by Gasteiger charge is 2.51. The Balaban J connectivity index is 1.47. The van der Waals surface area contributed by atoms with Crippen LogP contribution in [0.15, 0.2) is 36.5 Å². The predicted octanol–water partition coefficient (Wildman–Crippen LogP) is 13.7. The van der Waals surface area contributed by atoms with E-state index in [9.17, 15) is 45.6 Å². The molecule has 14 nitrogen and oxygen atoms in total. The first kappa shape index (κ1) is 77.3. The van der Waals surface area contributed by atoms with Crippen molar-refractivity contribution in [3.05, 3.63) is 36.5 Å². The van der Waals surface area contributed by atoms with E-state index in [0.29, 0.717) is 12.8 Å². The Labute approximate surface area is 506 Å². The number of aliphatic hydroxyl groups is 8. The van der Waals surface area contributed by atoms with Gasteiger partial charge in [0.15, 0.2) is 12.6 Å². The predicted molar refractivity (Wildman–Crippen MR) is 337 cm³/mol. The van der Waals surface area contributed by atoms with E-state index < -0.39 is 86.8 Å². The van der Waals surface area contributed by atoms with E-state index in [0.717, 1.165) is 64.2 Å². The van der Waals surface area contributed by atoms with Crippen LogP contribution in [0.3, 0.4) is 0 Å². The van der Waals surface area contributed by atoms with Gasteiger partial charge in [-0.1, -0.05) is 281 Å². The minimum absolute atomic E-state index is 0.205. The molecule has 0 aromatic heterocycles. The van der Waals surface area contributed by atoms with E-state index >= 15 is 0 Å². The summed E-state index contributed by atoms with van der Waals surface area (Å²) in [7, 11) is 0. The fourth-order valence-electron chi connectivity index (χ4n) is 11.5. The lowest BCUT2D eigenvalue weighted by atomic mass is 9.97. The van der Waals surface area contributed by atoms with Crippen LogP contribution in [0.4, 0.5) is 0 Å². The summed E-state index contributed by atoms with van der Waals surface area (Å²) in [6.07, 6.45) is 52.3. The number of aliphatic hydroxyl groups excluding tert-OH is 8. The maximum atomic E-state index is 13.2. The molecule has 12 atom stereocenters. The number of ether oxygens (including phenoxy) is 4. The number of nitrogens with one attached hydrogen (secondary N) is 1. The van der Waals surface area contributed by atoms with Gasteiger partial charge in [0.2, 0.25) is 5.91 Å². The zero-order chi connectivity index (χ0) is 60.2. The molecule has 2 saturated heterocycles. The average molecular weight is 1180 g/mol.